The Hall–Kier alpha value is -3.67. The summed E-state index contributed by atoms with van der Waals surface area (Å²) < 4.78 is 0. The van der Waals surface area contributed by atoms with Crippen LogP contribution in [0.15, 0.2) is 48.5 Å². The molecular weight excluding hydrogens is 318 g/mol. The first-order chi connectivity index (χ1) is 12.1. The molecule has 1 aromatic heterocycles. The highest BCUT2D eigenvalue weighted by Gasteiger charge is 2.23. The third-order valence-corrected chi connectivity index (χ3v) is 4.02. The van der Waals surface area contributed by atoms with Crippen molar-refractivity contribution in [1.29, 1.82) is 0 Å². The average Bonchev–Trinajstić information content (AvgIpc) is 3.14. The number of nitrogens with one attached hydrogen (secondary N) is 2. The maximum Gasteiger partial charge on any atom is 0.328 e. The number of carbonyl (C=O) groups is 2. The van der Waals surface area contributed by atoms with Gasteiger partial charge in [0.05, 0.1) is 11.2 Å². The van der Waals surface area contributed by atoms with Crippen LogP contribution < -0.4 is 5.32 Å². The first-order valence-electron chi connectivity index (χ1n) is 7.63. The van der Waals surface area contributed by atoms with E-state index in [4.69, 9.17) is 5.11 Å². The summed E-state index contributed by atoms with van der Waals surface area (Å²) in [5.74, 6) is -1.15. The summed E-state index contributed by atoms with van der Waals surface area (Å²) >= 11 is 0. The smallest absolute Gasteiger partial charge is 0.328 e. The summed E-state index contributed by atoms with van der Waals surface area (Å²) in [7, 11) is 0. The zero-order valence-corrected chi connectivity index (χ0v) is 13.0. The molecule has 0 saturated heterocycles. The van der Waals surface area contributed by atoms with Gasteiger partial charge in [0.1, 0.15) is 0 Å². The van der Waals surface area contributed by atoms with E-state index in [9.17, 15) is 9.59 Å². The van der Waals surface area contributed by atoms with Gasteiger partial charge in [-0.2, -0.15) is 5.10 Å². The SMILES string of the molecule is O=C(O)C=Cc1n[nH]c2cc(C=C3C(=O)Nc4ccccc43)ccc12. The van der Waals surface area contributed by atoms with E-state index < -0.39 is 5.97 Å². The molecule has 0 fully saturated rings. The Morgan fingerprint density at radius 3 is 2.84 bits per heavy atom. The Kier molecular flexibility index (Phi) is 3.43. The molecule has 6 nitrogen and oxygen atoms in total. The summed E-state index contributed by atoms with van der Waals surface area (Å²) in [6.45, 7) is 0. The van der Waals surface area contributed by atoms with E-state index >= 15 is 0 Å². The van der Waals surface area contributed by atoms with Gasteiger partial charge in [-0.25, -0.2) is 4.79 Å². The number of aromatic nitrogens is 2. The predicted molar refractivity (Wildman–Crippen MR) is 95.7 cm³/mol. The Labute approximate surface area is 142 Å². The molecule has 1 aliphatic heterocycles. The molecule has 4 rings (SSSR count). The maximum atomic E-state index is 12.2. The van der Waals surface area contributed by atoms with Gasteiger partial charge in [0, 0.05) is 28.3 Å². The first-order valence-corrected chi connectivity index (χ1v) is 7.63. The lowest BCUT2D eigenvalue weighted by molar-refractivity contribution is -0.131. The van der Waals surface area contributed by atoms with Crippen LogP contribution in [0.5, 0.6) is 0 Å². The van der Waals surface area contributed by atoms with Gasteiger partial charge in [0.15, 0.2) is 0 Å². The molecule has 0 radical (unpaired) electrons. The number of hydrogen-bond donors (Lipinski definition) is 3. The number of carboxylic acids is 1. The van der Waals surface area contributed by atoms with E-state index in [1.807, 2.05) is 48.5 Å². The van der Waals surface area contributed by atoms with Gasteiger partial charge in [-0.05, 0) is 35.9 Å². The second-order valence-corrected chi connectivity index (χ2v) is 5.64. The van der Waals surface area contributed by atoms with Crippen molar-refractivity contribution in [2.24, 2.45) is 0 Å². The van der Waals surface area contributed by atoms with Crippen LogP contribution in [0.25, 0.3) is 28.6 Å². The largest absolute Gasteiger partial charge is 0.478 e. The maximum absolute atomic E-state index is 12.2. The van der Waals surface area contributed by atoms with Crippen LogP contribution in [-0.2, 0) is 9.59 Å². The van der Waals surface area contributed by atoms with Crippen LogP contribution in [0, 0.1) is 0 Å². The van der Waals surface area contributed by atoms with E-state index in [1.165, 1.54) is 6.08 Å². The monoisotopic (exact) mass is 331 g/mol. The molecule has 1 amide bonds. The summed E-state index contributed by atoms with van der Waals surface area (Å²) in [6, 6.07) is 13.1. The molecule has 25 heavy (non-hydrogen) atoms. The molecule has 0 aliphatic carbocycles. The minimum Gasteiger partial charge on any atom is -0.478 e. The van der Waals surface area contributed by atoms with Crippen molar-refractivity contribution in [3.8, 4) is 0 Å². The number of anilines is 1. The Bertz CT molecular complexity index is 1080. The minimum absolute atomic E-state index is 0.129. The third-order valence-electron chi connectivity index (χ3n) is 4.02. The number of rotatable bonds is 3. The number of nitrogens with zero attached hydrogens (tertiary/aromatic N) is 1. The van der Waals surface area contributed by atoms with Crippen molar-refractivity contribution in [1.82, 2.24) is 10.2 Å². The number of fused-ring (bicyclic) bond motifs is 2. The number of benzene rings is 2. The van der Waals surface area contributed by atoms with Crippen LogP contribution in [0.1, 0.15) is 16.8 Å². The molecule has 6 heteroatoms. The quantitative estimate of drug-likeness (QED) is 0.643. The number of carbonyl (C=O) groups excluding carboxylic acids is 1. The lowest BCUT2D eigenvalue weighted by Crippen LogP contribution is -2.03. The number of para-hydroxylation sites is 1. The molecule has 122 valence electrons. The fraction of sp³-hybridized carbons (Fsp3) is 0. The number of H-pyrrole nitrogens is 1. The summed E-state index contributed by atoms with van der Waals surface area (Å²) in [6.07, 6.45) is 4.32. The molecule has 3 aromatic rings. The zero-order valence-electron chi connectivity index (χ0n) is 13.0. The second-order valence-electron chi connectivity index (χ2n) is 5.64. The van der Waals surface area contributed by atoms with Gasteiger partial charge in [-0.3, -0.25) is 9.89 Å². The van der Waals surface area contributed by atoms with Crippen molar-refractivity contribution in [2.45, 2.75) is 0 Å². The van der Waals surface area contributed by atoms with Gasteiger partial charge >= 0.3 is 5.97 Å². The van der Waals surface area contributed by atoms with Gasteiger partial charge in [0.25, 0.3) is 5.91 Å². The van der Waals surface area contributed by atoms with Crippen molar-refractivity contribution < 1.29 is 14.7 Å². The number of aliphatic carboxylic acids is 1. The second kappa shape index (κ2) is 5.76. The highest BCUT2D eigenvalue weighted by molar-refractivity contribution is 6.34. The van der Waals surface area contributed by atoms with Gasteiger partial charge < -0.3 is 10.4 Å². The lowest BCUT2D eigenvalue weighted by Gasteiger charge is -1.99. The summed E-state index contributed by atoms with van der Waals surface area (Å²) in [5, 5.41) is 19.4. The molecule has 0 spiro atoms. The molecule has 2 heterocycles. The number of hydrogen-bond acceptors (Lipinski definition) is 3. The average molecular weight is 331 g/mol. The topological polar surface area (TPSA) is 95.1 Å². The van der Waals surface area contributed by atoms with Crippen LogP contribution in [0.4, 0.5) is 5.69 Å². The first kappa shape index (κ1) is 14.9. The normalized spacial score (nSPS) is 15.0. The van der Waals surface area contributed by atoms with E-state index in [1.54, 1.807) is 0 Å². The van der Waals surface area contributed by atoms with Gasteiger partial charge in [-0.15, -0.1) is 0 Å². The Morgan fingerprint density at radius 2 is 2.00 bits per heavy atom. The van der Waals surface area contributed by atoms with Crippen molar-refractivity contribution in [2.75, 3.05) is 5.32 Å². The molecular formula is C19H13N3O3. The molecule has 0 unspecified atom stereocenters. The zero-order chi connectivity index (χ0) is 17.4. The van der Waals surface area contributed by atoms with Crippen LogP contribution >= 0.6 is 0 Å². The van der Waals surface area contributed by atoms with E-state index in [0.29, 0.717) is 11.3 Å². The van der Waals surface area contributed by atoms with Crippen molar-refractivity contribution in [3.63, 3.8) is 0 Å². The molecule has 0 atom stereocenters. The van der Waals surface area contributed by atoms with E-state index in [2.05, 4.69) is 15.5 Å². The van der Waals surface area contributed by atoms with Crippen molar-refractivity contribution >= 4 is 46.2 Å². The molecule has 0 bridgehead atoms. The number of aromatic amines is 1. The third kappa shape index (κ3) is 2.70. The highest BCUT2D eigenvalue weighted by atomic mass is 16.4. The van der Waals surface area contributed by atoms with Gasteiger partial charge in [0.2, 0.25) is 0 Å². The van der Waals surface area contributed by atoms with Crippen molar-refractivity contribution in [3.05, 3.63) is 65.4 Å². The predicted octanol–water partition coefficient (Wildman–Crippen LogP) is 3.15. The highest BCUT2D eigenvalue weighted by Crippen LogP contribution is 2.33. The van der Waals surface area contributed by atoms with Crippen LogP contribution in [-0.4, -0.2) is 27.2 Å². The standard InChI is InChI=1S/C19H13N3O3/c23-18(24)8-7-16-13-6-5-11(10-17(13)22-21-16)9-14-12-3-1-2-4-15(12)20-19(14)25/h1-10H,(H,20,25)(H,21,22)(H,23,24). The molecule has 3 N–H and O–H groups in total. The van der Waals surface area contributed by atoms with Crippen LogP contribution in [0.2, 0.25) is 0 Å². The Morgan fingerprint density at radius 1 is 1.16 bits per heavy atom. The fourth-order valence-corrected chi connectivity index (χ4v) is 2.87. The van der Waals surface area contributed by atoms with E-state index in [-0.39, 0.29) is 5.91 Å². The summed E-state index contributed by atoms with van der Waals surface area (Å²) in [5.41, 5.74) is 4.48. The Balaban J connectivity index is 1.74. The minimum atomic E-state index is -1.02. The van der Waals surface area contributed by atoms with Crippen LogP contribution in [0.3, 0.4) is 0 Å². The van der Waals surface area contributed by atoms with Gasteiger partial charge in [-0.1, -0.05) is 24.3 Å². The summed E-state index contributed by atoms with van der Waals surface area (Å²) in [4.78, 5) is 22.8. The molecule has 1 aliphatic rings. The number of amides is 1. The number of carboxylic acid groups (broad SMARTS) is 1. The van der Waals surface area contributed by atoms with E-state index in [0.717, 1.165) is 33.8 Å². The lowest BCUT2D eigenvalue weighted by atomic mass is 10.0. The molecule has 0 saturated carbocycles. The fourth-order valence-electron chi connectivity index (χ4n) is 2.87. The molecule has 2 aromatic carbocycles.